The lowest BCUT2D eigenvalue weighted by Gasteiger charge is -2.50. The van der Waals surface area contributed by atoms with Crippen molar-refractivity contribution in [1.82, 2.24) is 0 Å². The van der Waals surface area contributed by atoms with Gasteiger partial charge in [-0.3, -0.25) is 0 Å². The molecule has 0 N–H and O–H groups in total. The van der Waals surface area contributed by atoms with Gasteiger partial charge in [-0.05, 0) is 27.2 Å². The Kier molecular flexibility index (Phi) is 4.09. The van der Waals surface area contributed by atoms with E-state index in [2.05, 4.69) is 4.74 Å². The van der Waals surface area contributed by atoms with Gasteiger partial charge in [0.05, 0.1) is 12.5 Å². The number of methoxy groups -OCH3 is 1. The number of carbonyl (C=O) groups is 2. The number of carbonyl (C=O) groups excluding carboxylic acids is 2. The van der Waals surface area contributed by atoms with E-state index in [0.717, 1.165) is 0 Å². The van der Waals surface area contributed by atoms with E-state index in [1.54, 1.807) is 20.8 Å². The first kappa shape index (κ1) is 14.6. The molecule has 0 aromatic heterocycles. The van der Waals surface area contributed by atoms with Crippen LogP contribution in [0.5, 0.6) is 0 Å². The van der Waals surface area contributed by atoms with E-state index in [4.69, 9.17) is 14.2 Å². The molecule has 1 rings (SSSR count). The van der Waals surface area contributed by atoms with Crippen LogP contribution >= 0.6 is 0 Å². The Labute approximate surface area is 107 Å². The molecule has 1 heterocycles. The maximum absolute atomic E-state index is 11.3. The van der Waals surface area contributed by atoms with Crippen molar-refractivity contribution in [3.63, 3.8) is 0 Å². The van der Waals surface area contributed by atoms with Crippen LogP contribution in [0.1, 0.15) is 34.1 Å². The minimum Gasteiger partial charge on any atom is -0.438 e. The molecule has 104 valence electrons. The predicted molar refractivity (Wildman–Crippen MR) is 62.2 cm³/mol. The number of hydrogen-bond acceptors (Lipinski definition) is 6. The summed E-state index contributed by atoms with van der Waals surface area (Å²) in [5, 5.41) is 0. The van der Waals surface area contributed by atoms with Crippen LogP contribution in [0, 0.1) is 5.41 Å². The molecule has 1 saturated heterocycles. The lowest BCUT2D eigenvalue weighted by molar-refractivity contribution is -0.207. The summed E-state index contributed by atoms with van der Waals surface area (Å²) < 4.78 is 19.8. The van der Waals surface area contributed by atoms with E-state index < -0.39 is 29.4 Å². The maximum atomic E-state index is 11.3. The van der Waals surface area contributed by atoms with E-state index >= 15 is 0 Å². The zero-order chi connectivity index (χ0) is 14.0. The van der Waals surface area contributed by atoms with Crippen LogP contribution in [-0.4, -0.2) is 37.7 Å². The second-order valence-electron chi connectivity index (χ2n) is 4.87. The summed E-state index contributed by atoms with van der Waals surface area (Å²) in [7, 11) is 1.24. The fourth-order valence-corrected chi connectivity index (χ4v) is 2.43. The normalized spacial score (nSPS) is 30.1. The molecule has 0 aromatic carbocycles. The van der Waals surface area contributed by atoms with E-state index in [1.165, 1.54) is 7.11 Å². The van der Waals surface area contributed by atoms with Crippen LogP contribution in [0.3, 0.4) is 0 Å². The summed E-state index contributed by atoms with van der Waals surface area (Å²) in [6, 6.07) is 0. The molecular formula is C12H20O6. The van der Waals surface area contributed by atoms with Crippen molar-refractivity contribution < 1.29 is 28.5 Å². The Bertz CT molecular complexity index is 337. The number of ether oxygens (including phenoxy) is 4. The van der Waals surface area contributed by atoms with Gasteiger partial charge in [0.15, 0.2) is 0 Å². The summed E-state index contributed by atoms with van der Waals surface area (Å²) in [6.45, 7) is 7.34. The second kappa shape index (κ2) is 5.04. The second-order valence-corrected chi connectivity index (χ2v) is 4.87. The Morgan fingerprint density at radius 1 is 1.44 bits per heavy atom. The highest BCUT2D eigenvalue weighted by Gasteiger charge is 2.56. The minimum absolute atomic E-state index is 0.0671. The van der Waals surface area contributed by atoms with Crippen LogP contribution in [0.25, 0.3) is 0 Å². The van der Waals surface area contributed by atoms with Crippen molar-refractivity contribution >= 4 is 12.3 Å². The molecule has 1 aliphatic rings. The summed E-state index contributed by atoms with van der Waals surface area (Å²) in [5.74, 6) is 0. The first-order valence-corrected chi connectivity index (χ1v) is 5.89. The molecule has 1 fully saturated rings. The maximum Gasteiger partial charge on any atom is 0.509 e. The van der Waals surface area contributed by atoms with E-state index in [0.29, 0.717) is 6.42 Å². The quantitative estimate of drug-likeness (QED) is 0.726. The molecule has 0 amide bonds. The standard InChI is InChI=1S/C12H20O6/c1-6-12(7-16-9(13)15-5)8(2)17-10(14)18-11(12,3)4/h8H,6-7H2,1-5H3. The van der Waals surface area contributed by atoms with Gasteiger partial charge in [-0.1, -0.05) is 6.92 Å². The van der Waals surface area contributed by atoms with Crippen LogP contribution in [0.2, 0.25) is 0 Å². The van der Waals surface area contributed by atoms with Gasteiger partial charge in [0.2, 0.25) is 0 Å². The van der Waals surface area contributed by atoms with Crippen LogP contribution in [0.15, 0.2) is 0 Å². The highest BCUT2D eigenvalue weighted by Crippen LogP contribution is 2.45. The number of hydrogen-bond donors (Lipinski definition) is 0. The van der Waals surface area contributed by atoms with Gasteiger partial charge in [-0.2, -0.15) is 0 Å². The van der Waals surface area contributed by atoms with Crippen molar-refractivity contribution in [3.8, 4) is 0 Å². The molecule has 0 aliphatic carbocycles. The van der Waals surface area contributed by atoms with Crippen molar-refractivity contribution in [1.29, 1.82) is 0 Å². The van der Waals surface area contributed by atoms with Crippen LogP contribution in [0.4, 0.5) is 9.59 Å². The zero-order valence-electron chi connectivity index (χ0n) is 11.4. The Hall–Kier alpha value is -1.46. The van der Waals surface area contributed by atoms with Crippen molar-refractivity contribution in [3.05, 3.63) is 0 Å². The van der Waals surface area contributed by atoms with E-state index in [9.17, 15) is 9.59 Å². The fraction of sp³-hybridized carbons (Fsp3) is 0.833. The molecule has 0 spiro atoms. The molecule has 2 atom stereocenters. The summed E-state index contributed by atoms with van der Waals surface area (Å²) >= 11 is 0. The SMILES string of the molecule is CCC1(COC(=O)OC)C(C)OC(=O)OC1(C)C. The highest BCUT2D eigenvalue weighted by atomic mass is 16.8. The smallest absolute Gasteiger partial charge is 0.438 e. The molecule has 6 nitrogen and oxygen atoms in total. The topological polar surface area (TPSA) is 71.1 Å². The van der Waals surface area contributed by atoms with Crippen molar-refractivity contribution in [2.24, 2.45) is 5.41 Å². The highest BCUT2D eigenvalue weighted by molar-refractivity contribution is 5.62. The lowest BCUT2D eigenvalue weighted by Crippen LogP contribution is -2.60. The fourth-order valence-electron chi connectivity index (χ4n) is 2.43. The Morgan fingerprint density at radius 2 is 2.06 bits per heavy atom. The first-order valence-electron chi connectivity index (χ1n) is 5.89. The average Bonchev–Trinajstić information content (AvgIpc) is 2.27. The molecule has 2 unspecified atom stereocenters. The van der Waals surface area contributed by atoms with E-state index in [1.807, 2.05) is 6.92 Å². The third-order valence-corrected chi connectivity index (χ3v) is 3.83. The van der Waals surface area contributed by atoms with Gasteiger partial charge in [-0.25, -0.2) is 9.59 Å². The third kappa shape index (κ3) is 2.37. The van der Waals surface area contributed by atoms with Crippen molar-refractivity contribution in [2.75, 3.05) is 13.7 Å². The zero-order valence-corrected chi connectivity index (χ0v) is 11.4. The first-order chi connectivity index (χ1) is 8.29. The van der Waals surface area contributed by atoms with Gasteiger partial charge in [-0.15, -0.1) is 0 Å². The molecule has 1 aliphatic heterocycles. The number of rotatable bonds is 3. The van der Waals surface area contributed by atoms with Gasteiger partial charge < -0.3 is 18.9 Å². The summed E-state index contributed by atoms with van der Waals surface area (Å²) in [5.41, 5.74) is -1.39. The van der Waals surface area contributed by atoms with E-state index in [-0.39, 0.29) is 6.61 Å². The Morgan fingerprint density at radius 3 is 2.50 bits per heavy atom. The van der Waals surface area contributed by atoms with Gasteiger partial charge >= 0.3 is 12.3 Å². The number of cyclic esters (lactones) is 2. The molecular weight excluding hydrogens is 240 g/mol. The lowest BCUT2D eigenvalue weighted by atomic mass is 9.68. The molecule has 0 saturated carbocycles. The summed E-state index contributed by atoms with van der Waals surface area (Å²) in [4.78, 5) is 22.4. The molecule has 18 heavy (non-hydrogen) atoms. The van der Waals surface area contributed by atoms with Crippen molar-refractivity contribution in [2.45, 2.75) is 45.8 Å². The average molecular weight is 260 g/mol. The molecule has 6 heteroatoms. The monoisotopic (exact) mass is 260 g/mol. The third-order valence-electron chi connectivity index (χ3n) is 3.83. The summed E-state index contributed by atoms with van der Waals surface area (Å²) in [6.07, 6.45) is -1.24. The van der Waals surface area contributed by atoms with Crippen LogP contribution < -0.4 is 0 Å². The minimum atomic E-state index is -0.787. The van der Waals surface area contributed by atoms with Gasteiger partial charge in [0.1, 0.15) is 18.3 Å². The molecule has 0 radical (unpaired) electrons. The Balaban J connectivity index is 2.94. The predicted octanol–water partition coefficient (Wildman–Crippen LogP) is 2.50. The van der Waals surface area contributed by atoms with Crippen LogP contribution in [-0.2, 0) is 18.9 Å². The van der Waals surface area contributed by atoms with Gasteiger partial charge in [0.25, 0.3) is 0 Å². The molecule has 0 bridgehead atoms. The molecule has 0 aromatic rings. The van der Waals surface area contributed by atoms with Gasteiger partial charge in [0, 0.05) is 0 Å². The largest absolute Gasteiger partial charge is 0.509 e.